The van der Waals surface area contributed by atoms with Crippen molar-refractivity contribution in [2.24, 2.45) is 0 Å². The van der Waals surface area contributed by atoms with Gasteiger partial charge in [0.2, 0.25) is 0 Å². The molecular formula is C21H14ClN3O2. The van der Waals surface area contributed by atoms with Crippen LogP contribution in [0.1, 0.15) is 10.4 Å². The van der Waals surface area contributed by atoms with Crippen molar-refractivity contribution in [1.82, 2.24) is 9.97 Å². The molecule has 0 unspecified atom stereocenters. The van der Waals surface area contributed by atoms with Crippen LogP contribution in [0.2, 0.25) is 5.02 Å². The van der Waals surface area contributed by atoms with Gasteiger partial charge in [0.15, 0.2) is 0 Å². The topological polar surface area (TPSA) is 74.8 Å². The first-order chi connectivity index (χ1) is 13.1. The molecule has 0 aliphatic rings. The molecule has 0 saturated heterocycles. The predicted octanol–water partition coefficient (Wildman–Crippen LogP) is 4.50. The lowest BCUT2D eigenvalue weighted by Crippen LogP contribution is -2.23. The minimum atomic E-state index is -0.528. The van der Waals surface area contributed by atoms with Crippen LogP contribution in [-0.4, -0.2) is 15.9 Å². The van der Waals surface area contributed by atoms with Gasteiger partial charge in [-0.25, -0.2) is 0 Å². The summed E-state index contributed by atoms with van der Waals surface area (Å²) >= 11 is 6.08. The van der Waals surface area contributed by atoms with E-state index in [0.717, 1.165) is 16.3 Å². The van der Waals surface area contributed by atoms with Gasteiger partial charge in [0.1, 0.15) is 5.56 Å². The second-order valence-corrected chi connectivity index (χ2v) is 6.38. The van der Waals surface area contributed by atoms with Crippen LogP contribution >= 0.6 is 11.6 Å². The van der Waals surface area contributed by atoms with Crippen LogP contribution in [0.15, 0.2) is 78.0 Å². The number of pyridine rings is 2. The van der Waals surface area contributed by atoms with Crippen molar-refractivity contribution in [3.8, 4) is 11.1 Å². The molecular weight excluding hydrogens is 362 g/mol. The molecule has 132 valence electrons. The van der Waals surface area contributed by atoms with E-state index in [1.54, 1.807) is 48.9 Å². The molecule has 4 rings (SSSR count). The molecule has 2 N–H and O–H groups in total. The van der Waals surface area contributed by atoms with Gasteiger partial charge in [-0.05, 0) is 23.6 Å². The third-order valence-corrected chi connectivity index (χ3v) is 4.58. The Kier molecular flexibility index (Phi) is 4.44. The molecule has 0 aliphatic carbocycles. The summed E-state index contributed by atoms with van der Waals surface area (Å²) in [4.78, 5) is 31.7. The maximum Gasteiger partial charge on any atom is 0.261 e. The molecule has 0 fully saturated rings. The van der Waals surface area contributed by atoms with Gasteiger partial charge in [-0.1, -0.05) is 48.0 Å². The van der Waals surface area contributed by atoms with Crippen molar-refractivity contribution in [3.63, 3.8) is 0 Å². The minimum Gasteiger partial charge on any atom is -0.328 e. The second-order valence-electron chi connectivity index (χ2n) is 5.97. The van der Waals surface area contributed by atoms with Crippen molar-refractivity contribution < 1.29 is 4.79 Å². The highest BCUT2D eigenvalue weighted by Crippen LogP contribution is 2.27. The summed E-state index contributed by atoms with van der Waals surface area (Å²) in [6, 6.07) is 16.2. The maximum atomic E-state index is 12.6. The van der Waals surface area contributed by atoms with Crippen LogP contribution in [0.4, 0.5) is 5.69 Å². The first kappa shape index (κ1) is 17.0. The summed E-state index contributed by atoms with van der Waals surface area (Å²) < 4.78 is 0. The van der Waals surface area contributed by atoms with E-state index in [2.05, 4.69) is 15.3 Å². The number of carbonyl (C=O) groups is 1. The summed E-state index contributed by atoms with van der Waals surface area (Å²) in [5, 5.41) is 5.03. The fourth-order valence-corrected chi connectivity index (χ4v) is 3.09. The number of H-pyrrole nitrogens is 1. The van der Waals surface area contributed by atoms with Gasteiger partial charge in [-0.3, -0.25) is 14.6 Å². The van der Waals surface area contributed by atoms with E-state index in [4.69, 9.17) is 11.6 Å². The number of rotatable bonds is 3. The van der Waals surface area contributed by atoms with Crippen LogP contribution in [0.5, 0.6) is 0 Å². The van der Waals surface area contributed by atoms with Gasteiger partial charge in [-0.2, -0.15) is 0 Å². The number of para-hydroxylation sites is 1. The fraction of sp³-hybridized carbons (Fsp3) is 0. The summed E-state index contributed by atoms with van der Waals surface area (Å²) in [6.45, 7) is 0. The highest BCUT2D eigenvalue weighted by Gasteiger charge is 2.15. The zero-order valence-corrected chi connectivity index (χ0v) is 14.8. The van der Waals surface area contributed by atoms with E-state index in [0.29, 0.717) is 16.3 Å². The smallest absolute Gasteiger partial charge is 0.261 e. The van der Waals surface area contributed by atoms with Crippen molar-refractivity contribution in [1.29, 1.82) is 0 Å². The van der Waals surface area contributed by atoms with Gasteiger partial charge in [-0.15, -0.1) is 0 Å². The number of aromatic amines is 1. The zero-order valence-electron chi connectivity index (χ0n) is 14.1. The number of hydrogen-bond acceptors (Lipinski definition) is 3. The Morgan fingerprint density at radius 2 is 1.81 bits per heavy atom. The molecule has 0 radical (unpaired) electrons. The summed E-state index contributed by atoms with van der Waals surface area (Å²) in [7, 11) is 0. The average molecular weight is 376 g/mol. The molecule has 2 aromatic heterocycles. The lowest BCUT2D eigenvalue weighted by Gasteiger charge is -2.09. The lowest BCUT2D eigenvalue weighted by molar-refractivity contribution is 0.102. The maximum absolute atomic E-state index is 12.6. The second kappa shape index (κ2) is 7.05. The lowest BCUT2D eigenvalue weighted by atomic mass is 10.0. The first-order valence-electron chi connectivity index (χ1n) is 8.25. The summed E-state index contributed by atoms with van der Waals surface area (Å²) in [5.74, 6) is -0.528. The van der Waals surface area contributed by atoms with Crippen LogP contribution in [0.3, 0.4) is 0 Å². The molecule has 0 bridgehead atoms. The molecule has 2 aromatic carbocycles. The molecule has 6 heteroatoms. The standard InChI is InChI=1S/C21H14ClN3O2/c22-18-7-3-4-8-19(18)25-21(27)16-9-14(11-24-20(16)26)17-12-23-10-13-5-1-2-6-15(13)17/h1-12H,(H,24,26)(H,25,27). The SMILES string of the molecule is O=C(Nc1ccccc1Cl)c1cc(-c2cncc3ccccc23)c[nH]c1=O. The average Bonchev–Trinajstić information content (AvgIpc) is 2.69. The van der Waals surface area contributed by atoms with E-state index in [1.165, 1.54) is 0 Å². The molecule has 0 aliphatic heterocycles. The van der Waals surface area contributed by atoms with Crippen molar-refractivity contribution in [3.05, 3.63) is 94.1 Å². The molecule has 27 heavy (non-hydrogen) atoms. The molecule has 0 atom stereocenters. The third kappa shape index (κ3) is 3.32. The molecule has 5 nitrogen and oxygen atoms in total. The Balaban J connectivity index is 1.77. The Hall–Kier alpha value is -3.44. The van der Waals surface area contributed by atoms with E-state index in [-0.39, 0.29) is 5.56 Å². The predicted molar refractivity (Wildman–Crippen MR) is 107 cm³/mol. The van der Waals surface area contributed by atoms with Crippen molar-refractivity contribution in [2.75, 3.05) is 5.32 Å². The number of aromatic nitrogens is 2. The van der Waals surface area contributed by atoms with Gasteiger partial charge in [0.25, 0.3) is 11.5 Å². The van der Waals surface area contributed by atoms with E-state index in [9.17, 15) is 9.59 Å². The molecule has 0 saturated carbocycles. The number of amides is 1. The minimum absolute atomic E-state index is 0.000328. The van der Waals surface area contributed by atoms with E-state index >= 15 is 0 Å². The van der Waals surface area contributed by atoms with Gasteiger partial charge in [0.05, 0.1) is 10.7 Å². The number of halogens is 1. The number of anilines is 1. The summed E-state index contributed by atoms with van der Waals surface area (Å²) in [6.07, 6.45) is 5.07. The molecule has 4 aromatic rings. The third-order valence-electron chi connectivity index (χ3n) is 4.25. The normalized spacial score (nSPS) is 10.7. The van der Waals surface area contributed by atoms with Crippen molar-refractivity contribution in [2.45, 2.75) is 0 Å². The Morgan fingerprint density at radius 1 is 1.04 bits per heavy atom. The largest absolute Gasteiger partial charge is 0.328 e. The van der Waals surface area contributed by atoms with Crippen LogP contribution < -0.4 is 10.9 Å². The Bertz CT molecular complexity index is 1210. The number of carbonyl (C=O) groups excluding carboxylic acids is 1. The fourth-order valence-electron chi connectivity index (χ4n) is 2.91. The number of fused-ring (bicyclic) bond motifs is 1. The molecule has 2 heterocycles. The number of benzene rings is 2. The van der Waals surface area contributed by atoms with Crippen LogP contribution in [0.25, 0.3) is 21.9 Å². The summed E-state index contributed by atoms with van der Waals surface area (Å²) in [5.41, 5.74) is 1.50. The van der Waals surface area contributed by atoms with E-state index in [1.807, 2.05) is 24.3 Å². The number of nitrogens with one attached hydrogen (secondary N) is 2. The number of nitrogens with zero attached hydrogens (tertiary/aromatic N) is 1. The Morgan fingerprint density at radius 3 is 2.67 bits per heavy atom. The van der Waals surface area contributed by atoms with Crippen LogP contribution in [0, 0.1) is 0 Å². The first-order valence-corrected chi connectivity index (χ1v) is 8.63. The highest BCUT2D eigenvalue weighted by atomic mass is 35.5. The van der Waals surface area contributed by atoms with Gasteiger partial charge >= 0.3 is 0 Å². The monoisotopic (exact) mass is 375 g/mol. The van der Waals surface area contributed by atoms with Crippen LogP contribution in [-0.2, 0) is 0 Å². The zero-order chi connectivity index (χ0) is 18.8. The molecule has 0 spiro atoms. The highest BCUT2D eigenvalue weighted by molar-refractivity contribution is 6.33. The van der Waals surface area contributed by atoms with Crippen molar-refractivity contribution >= 4 is 34.0 Å². The van der Waals surface area contributed by atoms with E-state index < -0.39 is 11.5 Å². The Labute approximate surface area is 159 Å². The van der Waals surface area contributed by atoms with Gasteiger partial charge in [0, 0.05) is 35.1 Å². The van der Waals surface area contributed by atoms with Gasteiger partial charge < -0.3 is 10.3 Å². The quantitative estimate of drug-likeness (QED) is 0.553. The molecule has 1 amide bonds. The number of hydrogen-bond donors (Lipinski definition) is 2.